The van der Waals surface area contributed by atoms with Gasteiger partial charge in [0.25, 0.3) is 5.91 Å². The molecule has 1 amide bonds. The van der Waals surface area contributed by atoms with Crippen LogP contribution in [0.3, 0.4) is 0 Å². The first kappa shape index (κ1) is 16.5. The van der Waals surface area contributed by atoms with Crippen LogP contribution in [0.2, 0.25) is 0 Å². The molecule has 0 bridgehead atoms. The second-order valence-electron chi connectivity index (χ2n) is 4.20. The SMILES string of the molecule is COC(=O)C(N)Cc1ccc(OCC(=O)NCC#N)cc1. The predicted molar refractivity (Wildman–Crippen MR) is 74.3 cm³/mol. The van der Waals surface area contributed by atoms with Crippen LogP contribution < -0.4 is 15.8 Å². The van der Waals surface area contributed by atoms with Crippen molar-refractivity contribution in [2.24, 2.45) is 5.73 Å². The molecule has 1 atom stereocenters. The lowest BCUT2D eigenvalue weighted by Gasteiger charge is -2.10. The summed E-state index contributed by atoms with van der Waals surface area (Å²) in [6, 6.07) is 7.96. The molecule has 0 spiro atoms. The summed E-state index contributed by atoms with van der Waals surface area (Å²) in [7, 11) is 1.29. The van der Waals surface area contributed by atoms with Crippen LogP contribution in [0, 0.1) is 11.3 Å². The van der Waals surface area contributed by atoms with Crippen molar-refractivity contribution in [1.29, 1.82) is 5.26 Å². The van der Waals surface area contributed by atoms with E-state index in [4.69, 9.17) is 15.7 Å². The van der Waals surface area contributed by atoms with Gasteiger partial charge in [-0.05, 0) is 24.1 Å². The summed E-state index contributed by atoms with van der Waals surface area (Å²) in [6.07, 6.45) is 0.357. The quantitative estimate of drug-likeness (QED) is 0.529. The Morgan fingerprint density at radius 3 is 2.62 bits per heavy atom. The lowest BCUT2D eigenvalue weighted by atomic mass is 10.1. The van der Waals surface area contributed by atoms with E-state index in [1.165, 1.54) is 7.11 Å². The highest BCUT2D eigenvalue weighted by molar-refractivity contribution is 5.77. The minimum Gasteiger partial charge on any atom is -0.484 e. The van der Waals surface area contributed by atoms with E-state index in [1.807, 2.05) is 0 Å². The lowest BCUT2D eigenvalue weighted by molar-refractivity contribution is -0.142. The summed E-state index contributed by atoms with van der Waals surface area (Å²) in [5.41, 5.74) is 6.51. The number of nitriles is 1. The van der Waals surface area contributed by atoms with Gasteiger partial charge in [0.2, 0.25) is 0 Å². The van der Waals surface area contributed by atoms with Crippen LogP contribution in [0.5, 0.6) is 5.75 Å². The molecule has 0 aromatic heterocycles. The number of methoxy groups -OCH3 is 1. The van der Waals surface area contributed by atoms with E-state index in [0.29, 0.717) is 12.2 Å². The monoisotopic (exact) mass is 291 g/mol. The van der Waals surface area contributed by atoms with Crippen LogP contribution in [-0.4, -0.2) is 38.2 Å². The maximum Gasteiger partial charge on any atom is 0.322 e. The van der Waals surface area contributed by atoms with Crippen LogP contribution in [0.1, 0.15) is 5.56 Å². The number of carbonyl (C=O) groups excluding carboxylic acids is 2. The Balaban J connectivity index is 2.45. The number of hydrogen-bond acceptors (Lipinski definition) is 6. The molecule has 1 aromatic carbocycles. The average molecular weight is 291 g/mol. The van der Waals surface area contributed by atoms with Gasteiger partial charge in [-0.3, -0.25) is 9.59 Å². The molecule has 1 unspecified atom stereocenters. The summed E-state index contributed by atoms with van der Waals surface area (Å²) < 4.78 is 9.80. The molecule has 0 aliphatic rings. The van der Waals surface area contributed by atoms with Gasteiger partial charge in [-0.15, -0.1) is 0 Å². The molecule has 0 fully saturated rings. The Morgan fingerprint density at radius 1 is 1.38 bits per heavy atom. The molecule has 0 heterocycles. The third kappa shape index (κ3) is 5.93. The molecule has 1 aromatic rings. The fourth-order valence-electron chi connectivity index (χ4n) is 1.55. The zero-order valence-corrected chi connectivity index (χ0v) is 11.7. The molecule has 0 saturated carbocycles. The van der Waals surface area contributed by atoms with E-state index in [-0.39, 0.29) is 19.1 Å². The highest BCUT2D eigenvalue weighted by Crippen LogP contribution is 2.13. The van der Waals surface area contributed by atoms with Gasteiger partial charge in [-0.2, -0.15) is 5.26 Å². The predicted octanol–water partition coefficient (Wildman–Crippen LogP) is -0.252. The summed E-state index contributed by atoms with van der Waals surface area (Å²) in [6.45, 7) is -0.213. The van der Waals surface area contributed by atoms with Gasteiger partial charge >= 0.3 is 5.97 Å². The van der Waals surface area contributed by atoms with E-state index >= 15 is 0 Å². The number of benzene rings is 1. The van der Waals surface area contributed by atoms with Crippen molar-refractivity contribution in [1.82, 2.24) is 5.32 Å². The molecule has 7 nitrogen and oxygen atoms in total. The van der Waals surface area contributed by atoms with Gasteiger partial charge in [0, 0.05) is 0 Å². The molecule has 0 aliphatic heterocycles. The first-order valence-electron chi connectivity index (χ1n) is 6.25. The van der Waals surface area contributed by atoms with Crippen molar-refractivity contribution in [2.45, 2.75) is 12.5 Å². The van der Waals surface area contributed by atoms with Gasteiger partial charge in [0.1, 0.15) is 18.3 Å². The Bertz CT molecular complexity index is 522. The number of carbonyl (C=O) groups is 2. The average Bonchev–Trinajstić information content (AvgIpc) is 2.51. The zero-order chi connectivity index (χ0) is 15.7. The summed E-state index contributed by atoms with van der Waals surface area (Å²) in [5.74, 6) is -0.324. The lowest BCUT2D eigenvalue weighted by Crippen LogP contribution is -2.33. The second kappa shape index (κ2) is 8.55. The van der Waals surface area contributed by atoms with Crippen LogP contribution >= 0.6 is 0 Å². The van der Waals surface area contributed by atoms with Gasteiger partial charge in [-0.25, -0.2) is 0 Å². The fourth-order valence-corrected chi connectivity index (χ4v) is 1.55. The molecule has 0 aliphatic carbocycles. The van der Waals surface area contributed by atoms with E-state index in [0.717, 1.165) is 5.56 Å². The molecule has 0 radical (unpaired) electrons. The molecule has 21 heavy (non-hydrogen) atoms. The smallest absolute Gasteiger partial charge is 0.322 e. The molecule has 0 saturated heterocycles. The number of ether oxygens (including phenoxy) is 2. The maximum atomic E-state index is 11.2. The van der Waals surface area contributed by atoms with Crippen LogP contribution in [0.4, 0.5) is 0 Å². The number of esters is 1. The molecule has 3 N–H and O–H groups in total. The second-order valence-corrected chi connectivity index (χ2v) is 4.20. The number of rotatable bonds is 7. The Labute approximate surface area is 122 Å². The van der Waals surface area contributed by atoms with E-state index in [1.54, 1.807) is 30.3 Å². The van der Waals surface area contributed by atoms with Gasteiger partial charge < -0.3 is 20.5 Å². The number of nitrogens with one attached hydrogen (secondary N) is 1. The molecule has 7 heteroatoms. The van der Waals surface area contributed by atoms with Crippen molar-refractivity contribution in [3.63, 3.8) is 0 Å². The minimum atomic E-state index is -0.710. The maximum absolute atomic E-state index is 11.2. The number of nitrogens with two attached hydrogens (primary N) is 1. The zero-order valence-electron chi connectivity index (χ0n) is 11.7. The molecule has 112 valence electrons. The van der Waals surface area contributed by atoms with Crippen molar-refractivity contribution >= 4 is 11.9 Å². The summed E-state index contributed by atoms with van der Waals surface area (Å²) in [4.78, 5) is 22.4. The first-order valence-corrected chi connectivity index (χ1v) is 6.25. The first-order chi connectivity index (χ1) is 10.1. The van der Waals surface area contributed by atoms with E-state index in [9.17, 15) is 9.59 Å². The highest BCUT2D eigenvalue weighted by Gasteiger charge is 2.14. The van der Waals surface area contributed by atoms with Gasteiger partial charge in [0.05, 0.1) is 13.2 Å². The van der Waals surface area contributed by atoms with Crippen molar-refractivity contribution < 1.29 is 19.1 Å². The van der Waals surface area contributed by atoms with Crippen LogP contribution in [0.15, 0.2) is 24.3 Å². The minimum absolute atomic E-state index is 0.0491. The van der Waals surface area contributed by atoms with Gasteiger partial charge in [0.15, 0.2) is 6.61 Å². The van der Waals surface area contributed by atoms with Gasteiger partial charge in [-0.1, -0.05) is 12.1 Å². The Morgan fingerprint density at radius 2 is 2.05 bits per heavy atom. The number of nitrogens with zero attached hydrogens (tertiary/aromatic N) is 1. The van der Waals surface area contributed by atoms with Crippen molar-refractivity contribution in [3.8, 4) is 11.8 Å². The van der Waals surface area contributed by atoms with Crippen molar-refractivity contribution in [2.75, 3.05) is 20.3 Å². The van der Waals surface area contributed by atoms with Crippen LogP contribution in [0.25, 0.3) is 0 Å². The summed E-state index contributed by atoms with van der Waals surface area (Å²) >= 11 is 0. The topological polar surface area (TPSA) is 114 Å². The normalized spacial score (nSPS) is 11.1. The highest BCUT2D eigenvalue weighted by atomic mass is 16.5. The van der Waals surface area contributed by atoms with E-state index in [2.05, 4.69) is 10.1 Å². The van der Waals surface area contributed by atoms with Crippen LogP contribution in [-0.2, 0) is 20.7 Å². The largest absolute Gasteiger partial charge is 0.484 e. The number of hydrogen-bond donors (Lipinski definition) is 2. The third-order valence-electron chi connectivity index (χ3n) is 2.62. The fraction of sp³-hybridized carbons (Fsp3) is 0.357. The Kier molecular flexibility index (Phi) is 6.71. The molecule has 1 rings (SSSR count). The molecular weight excluding hydrogens is 274 g/mol. The number of amides is 1. The molecular formula is C14H17N3O4. The standard InChI is InChI=1S/C14H17N3O4/c1-20-14(19)12(16)8-10-2-4-11(5-3-10)21-9-13(18)17-7-6-15/h2-5,12H,7-9,16H2,1H3,(H,17,18). The Hall–Kier alpha value is -2.59. The van der Waals surface area contributed by atoms with E-state index < -0.39 is 12.0 Å². The third-order valence-corrected chi connectivity index (χ3v) is 2.62. The summed E-state index contributed by atoms with van der Waals surface area (Å²) in [5, 5.41) is 10.7. The van der Waals surface area contributed by atoms with Crippen molar-refractivity contribution in [3.05, 3.63) is 29.8 Å².